The lowest BCUT2D eigenvalue weighted by molar-refractivity contribution is 0.198. The number of likely N-dealkylation sites (N-methyl/N-ethyl adjacent to an activating group) is 1. The average Bonchev–Trinajstić information content (AvgIpc) is 2.26. The summed E-state index contributed by atoms with van der Waals surface area (Å²) in [5.74, 6) is 1.54. The Morgan fingerprint density at radius 1 is 1.06 bits per heavy atom. The zero-order valence-corrected chi connectivity index (χ0v) is 11.0. The molecule has 0 saturated heterocycles. The maximum atomic E-state index is 5.72. The molecule has 0 spiro atoms. The molecular weight excluding hydrogens is 198 g/mol. The van der Waals surface area contributed by atoms with E-state index in [9.17, 15) is 0 Å². The lowest BCUT2D eigenvalue weighted by Gasteiger charge is -2.20. The van der Waals surface area contributed by atoms with Gasteiger partial charge >= 0.3 is 0 Å². The molecule has 2 nitrogen and oxygen atoms in total. The third kappa shape index (κ3) is 3.86. The van der Waals surface area contributed by atoms with E-state index in [4.69, 9.17) is 4.74 Å². The number of hydrogen-bond donors (Lipinski definition) is 0. The van der Waals surface area contributed by atoms with E-state index in [1.54, 1.807) is 0 Å². The summed E-state index contributed by atoms with van der Waals surface area (Å²) in [6.45, 7) is 7.28. The molecular formula is C14H23NO. The predicted molar refractivity (Wildman–Crippen MR) is 69.2 cm³/mol. The molecule has 0 aliphatic heterocycles. The van der Waals surface area contributed by atoms with E-state index in [-0.39, 0.29) is 0 Å². The fourth-order valence-corrected chi connectivity index (χ4v) is 1.31. The van der Waals surface area contributed by atoms with Crippen molar-refractivity contribution in [2.45, 2.75) is 32.7 Å². The number of hydrogen-bond acceptors (Lipinski definition) is 2. The molecule has 0 aliphatic rings. The molecule has 0 radical (unpaired) electrons. The summed E-state index contributed by atoms with van der Waals surface area (Å²) in [4.78, 5) is 2.16. The number of rotatable bonds is 5. The molecule has 0 bridgehead atoms. The predicted octanol–water partition coefficient (Wildman–Crippen LogP) is 3.14. The molecule has 1 rings (SSSR count). The van der Waals surface area contributed by atoms with Gasteiger partial charge in [0.2, 0.25) is 0 Å². The van der Waals surface area contributed by atoms with E-state index < -0.39 is 0 Å². The molecule has 0 fully saturated rings. The first-order valence-corrected chi connectivity index (χ1v) is 5.90. The van der Waals surface area contributed by atoms with Crippen LogP contribution in [-0.2, 0) is 0 Å². The van der Waals surface area contributed by atoms with E-state index in [0.29, 0.717) is 12.0 Å². The van der Waals surface area contributed by atoms with Gasteiger partial charge < -0.3 is 9.64 Å². The summed E-state index contributed by atoms with van der Waals surface area (Å²) in [6, 6.07) is 8.82. The number of nitrogens with zero attached hydrogens (tertiary/aromatic N) is 1. The minimum absolute atomic E-state index is 0.435. The van der Waals surface area contributed by atoms with Gasteiger partial charge in [0.1, 0.15) is 12.4 Å². The molecule has 16 heavy (non-hydrogen) atoms. The summed E-state index contributed by atoms with van der Waals surface area (Å²) < 4.78 is 5.72. The monoisotopic (exact) mass is 221 g/mol. The first-order valence-electron chi connectivity index (χ1n) is 5.90. The summed E-state index contributed by atoms with van der Waals surface area (Å²) in [6.07, 6.45) is 0. The molecule has 1 aromatic carbocycles. The van der Waals surface area contributed by atoms with Crippen LogP contribution in [0.25, 0.3) is 0 Å². The van der Waals surface area contributed by atoms with Crippen molar-refractivity contribution in [3.8, 4) is 5.75 Å². The van der Waals surface area contributed by atoms with Gasteiger partial charge in [0.25, 0.3) is 0 Å². The van der Waals surface area contributed by atoms with Gasteiger partial charge in [0.05, 0.1) is 0 Å². The number of ether oxygens (including phenoxy) is 1. The van der Waals surface area contributed by atoms with E-state index in [2.05, 4.69) is 64.0 Å². The van der Waals surface area contributed by atoms with Crippen molar-refractivity contribution in [3.05, 3.63) is 29.8 Å². The topological polar surface area (TPSA) is 12.5 Å². The van der Waals surface area contributed by atoms with Crippen molar-refractivity contribution in [2.75, 3.05) is 20.7 Å². The second-order valence-electron chi connectivity index (χ2n) is 4.85. The van der Waals surface area contributed by atoms with Crippen molar-refractivity contribution in [1.82, 2.24) is 4.90 Å². The van der Waals surface area contributed by atoms with Crippen LogP contribution in [0.5, 0.6) is 5.75 Å². The summed E-state index contributed by atoms with van der Waals surface area (Å²) in [5, 5.41) is 0. The normalized spacial score (nSPS) is 13.2. The molecule has 1 aromatic rings. The lowest BCUT2D eigenvalue weighted by Crippen LogP contribution is -2.30. The SMILES string of the molecule is CC(C)c1ccc(OC[C@@H](C)N(C)C)cc1. The van der Waals surface area contributed by atoms with Gasteiger partial charge in [-0.1, -0.05) is 26.0 Å². The van der Waals surface area contributed by atoms with Crippen LogP contribution in [0.2, 0.25) is 0 Å². The molecule has 0 N–H and O–H groups in total. The minimum atomic E-state index is 0.435. The largest absolute Gasteiger partial charge is 0.492 e. The summed E-state index contributed by atoms with van der Waals surface area (Å²) in [5.41, 5.74) is 1.35. The third-order valence-corrected chi connectivity index (χ3v) is 2.92. The van der Waals surface area contributed by atoms with Crippen molar-refractivity contribution in [1.29, 1.82) is 0 Å². The van der Waals surface area contributed by atoms with Gasteiger partial charge in [-0.05, 0) is 44.6 Å². The zero-order valence-electron chi connectivity index (χ0n) is 11.0. The molecule has 1 atom stereocenters. The highest BCUT2D eigenvalue weighted by Crippen LogP contribution is 2.18. The van der Waals surface area contributed by atoms with E-state index >= 15 is 0 Å². The van der Waals surface area contributed by atoms with Gasteiger partial charge in [-0.3, -0.25) is 0 Å². The fraction of sp³-hybridized carbons (Fsp3) is 0.571. The molecule has 0 unspecified atom stereocenters. The molecule has 0 amide bonds. The van der Waals surface area contributed by atoms with Crippen LogP contribution in [0, 0.1) is 0 Å². The first kappa shape index (κ1) is 13.0. The van der Waals surface area contributed by atoms with Crippen LogP contribution in [-0.4, -0.2) is 31.6 Å². The van der Waals surface area contributed by atoms with Crippen molar-refractivity contribution < 1.29 is 4.74 Å². The maximum absolute atomic E-state index is 5.72. The Labute approximate surface area is 99.2 Å². The molecule has 0 heterocycles. The Balaban J connectivity index is 2.49. The summed E-state index contributed by atoms with van der Waals surface area (Å²) >= 11 is 0. The van der Waals surface area contributed by atoms with Crippen LogP contribution in [0.3, 0.4) is 0 Å². The lowest BCUT2D eigenvalue weighted by atomic mass is 10.0. The molecule has 90 valence electrons. The Morgan fingerprint density at radius 3 is 2.06 bits per heavy atom. The third-order valence-electron chi connectivity index (χ3n) is 2.92. The van der Waals surface area contributed by atoms with Crippen molar-refractivity contribution in [2.24, 2.45) is 0 Å². The highest BCUT2D eigenvalue weighted by atomic mass is 16.5. The Kier molecular flexibility index (Phi) is 4.81. The smallest absolute Gasteiger partial charge is 0.119 e. The summed E-state index contributed by atoms with van der Waals surface area (Å²) in [7, 11) is 4.13. The van der Waals surface area contributed by atoms with Crippen LogP contribution in [0.15, 0.2) is 24.3 Å². The van der Waals surface area contributed by atoms with E-state index in [0.717, 1.165) is 12.4 Å². The van der Waals surface area contributed by atoms with Crippen molar-refractivity contribution >= 4 is 0 Å². The Bertz CT molecular complexity index is 303. The second kappa shape index (κ2) is 5.90. The zero-order chi connectivity index (χ0) is 12.1. The van der Waals surface area contributed by atoms with Crippen LogP contribution in [0.4, 0.5) is 0 Å². The number of benzene rings is 1. The molecule has 0 aromatic heterocycles. The van der Waals surface area contributed by atoms with Crippen LogP contribution in [0.1, 0.15) is 32.3 Å². The second-order valence-corrected chi connectivity index (χ2v) is 4.85. The minimum Gasteiger partial charge on any atom is -0.492 e. The quantitative estimate of drug-likeness (QED) is 0.757. The highest BCUT2D eigenvalue weighted by molar-refractivity contribution is 5.28. The first-order chi connectivity index (χ1) is 7.50. The molecule has 0 saturated carbocycles. The van der Waals surface area contributed by atoms with Gasteiger partial charge in [-0.2, -0.15) is 0 Å². The molecule has 0 aliphatic carbocycles. The van der Waals surface area contributed by atoms with Crippen LogP contribution < -0.4 is 4.74 Å². The van der Waals surface area contributed by atoms with Gasteiger partial charge in [-0.15, -0.1) is 0 Å². The Hall–Kier alpha value is -1.02. The standard InChI is InChI=1S/C14H23NO/c1-11(2)13-6-8-14(9-7-13)16-10-12(3)15(4)5/h6-9,11-12H,10H2,1-5H3/t12-/m1/s1. The van der Waals surface area contributed by atoms with Gasteiger partial charge in [0, 0.05) is 6.04 Å². The highest BCUT2D eigenvalue weighted by Gasteiger charge is 2.05. The van der Waals surface area contributed by atoms with E-state index in [1.807, 2.05) is 0 Å². The van der Waals surface area contributed by atoms with Crippen molar-refractivity contribution in [3.63, 3.8) is 0 Å². The van der Waals surface area contributed by atoms with Gasteiger partial charge in [-0.25, -0.2) is 0 Å². The fourth-order valence-electron chi connectivity index (χ4n) is 1.31. The van der Waals surface area contributed by atoms with Crippen LogP contribution >= 0.6 is 0 Å². The maximum Gasteiger partial charge on any atom is 0.119 e. The van der Waals surface area contributed by atoms with E-state index in [1.165, 1.54) is 5.56 Å². The Morgan fingerprint density at radius 2 is 1.62 bits per heavy atom. The van der Waals surface area contributed by atoms with Gasteiger partial charge in [0.15, 0.2) is 0 Å². The average molecular weight is 221 g/mol. The molecule has 2 heteroatoms.